The summed E-state index contributed by atoms with van der Waals surface area (Å²) in [5.74, 6) is 0. The van der Waals surface area contributed by atoms with Crippen molar-refractivity contribution in [1.82, 2.24) is 4.57 Å². The van der Waals surface area contributed by atoms with Crippen molar-refractivity contribution in [2.24, 2.45) is 0 Å². The molecule has 0 bridgehead atoms. The molecule has 0 amide bonds. The fourth-order valence-electron chi connectivity index (χ4n) is 8.92. The van der Waals surface area contributed by atoms with Crippen molar-refractivity contribution in [3.63, 3.8) is 0 Å². The molecule has 1 nitrogen and oxygen atoms in total. The zero-order chi connectivity index (χ0) is 34.5. The van der Waals surface area contributed by atoms with Gasteiger partial charge in [0.2, 0.25) is 0 Å². The van der Waals surface area contributed by atoms with Gasteiger partial charge < -0.3 is 4.57 Å². The number of aromatic nitrogens is 1. The minimum Gasteiger partial charge on any atom is -0.309 e. The first-order valence-corrected chi connectivity index (χ1v) is 18.1. The van der Waals surface area contributed by atoms with Crippen LogP contribution < -0.4 is 0 Å². The maximum Gasteiger partial charge on any atom is 0.0547 e. The Morgan fingerprint density at radius 3 is 1.80 bits per heavy atom. The molecule has 0 atom stereocenters. The van der Waals surface area contributed by atoms with Crippen molar-refractivity contribution < 1.29 is 0 Å². The van der Waals surface area contributed by atoms with Crippen molar-refractivity contribution in [2.75, 3.05) is 0 Å². The van der Waals surface area contributed by atoms with Gasteiger partial charge in [-0.1, -0.05) is 155 Å². The Labute approximate surface area is 299 Å². The fourth-order valence-corrected chi connectivity index (χ4v) is 8.92. The molecule has 244 valence electrons. The average molecular weight is 654 g/mol. The predicted molar refractivity (Wildman–Crippen MR) is 218 cm³/mol. The Balaban J connectivity index is 1.13. The third kappa shape index (κ3) is 4.28. The second-order valence-corrected chi connectivity index (χ2v) is 15.4. The van der Waals surface area contributed by atoms with Gasteiger partial charge in [-0.05, 0) is 108 Å². The summed E-state index contributed by atoms with van der Waals surface area (Å²) in [6.45, 7) is 9.63. The second-order valence-electron chi connectivity index (χ2n) is 15.4. The van der Waals surface area contributed by atoms with Crippen LogP contribution in [0, 0.1) is 0 Å². The normalized spacial score (nSPS) is 14.6. The number of fused-ring (bicyclic) bond motifs is 8. The second kappa shape index (κ2) is 10.8. The van der Waals surface area contributed by atoms with Crippen LogP contribution in [0.2, 0.25) is 0 Å². The smallest absolute Gasteiger partial charge is 0.0547 e. The minimum atomic E-state index is -0.0323. The largest absolute Gasteiger partial charge is 0.309 e. The van der Waals surface area contributed by atoms with Crippen LogP contribution in [0.25, 0.3) is 82.4 Å². The standard InChI is InChI=1S/C50H39N/c1-49(2)44-22-11-9-19-39(44)40-25-24-35(30-45(40)50(49,3)4)32-16-13-17-36(28-32)37-26-27-47(41-20-8-7-18-38(37)41)51-46-23-12-10-21-42(46)43-29-33-14-5-6-15-34(33)31-48(43)51/h5-31H,1-4H3. The van der Waals surface area contributed by atoms with Crippen molar-refractivity contribution in [3.05, 3.63) is 175 Å². The molecule has 1 aromatic heterocycles. The van der Waals surface area contributed by atoms with Crippen LogP contribution >= 0.6 is 0 Å². The maximum atomic E-state index is 2.47. The highest BCUT2D eigenvalue weighted by Crippen LogP contribution is 2.54. The van der Waals surface area contributed by atoms with Crippen molar-refractivity contribution in [2.45, 2.75) is 38.5 Å². The number of hydrogen-bond donors (Lipinski definition) is 0. The lowest BCUT2D eigenvalue weighted by atomic mass is 9.55. The molecule has 1 aliphatic rings. The van der Waals surface area contributed by atoms with E-state index in [1.807, 2.05) is 0 Å². The molecule has 0 saturated heterocycles. The van der Waals surface area contributed by atoms with Crippen LogP contribution in [0.3, 0.4) is 0 Å². The van der Waals surface area contributed by atoms with Gasteiger partial charge in [-0.25, -0.2) is 0 Å². The molecule has 51 heavy (non-hydrogen) atoms. The quantitative estimate of drug-likeness (QED) is 0.179. The number of para-hydroxylation sites is 1. The molecule has 9 aromatic rings. The minimum absolute atomic E-state index is 0.00118. The van der Waals surface area contributed by atoms with E-state index < -0.39 is 0 Å². The number of rotatable bonds is 3. The number of nitrogens with zero attached hydrogens (tertiary/aromatic N) is 1. The lowest BCUT2D eigenvalue weighted by molar-refractivity contribution is 0.299. The van der Waals surface area contributed by atoms with Crippen molar-refractivity contribution in [3.8, 4) is 39.1 Å². The maximum absolute atomic E-state index is 2.47. The van der Waals surface area contributed by atoms with Gasteiger partial charge in [0.15, 0.2) is 0 Å². The Morgan fingerprint density at radius 1 is 0.353 bits per heavy atom. The van der Waals surface area contributed by atoms with Crippen LogP contribution in [-0.4, -0.2) is 4.57 Å². The highest BCUT2D eigenvalue weighted by Gasteiger charge is 2.45. The lowest BCUT2D eigenvalue weighted by Crippen LogP contribution is -2.43. The van der Waals surface area contributed by atoms with Crippen molar-refractivity contribution >= 4 is 43.4 Å². The third-order valence-electron chi connectivity index (χ3n) is 12.3. The number of benzene rings is 8. The van der Waals surface area contributed by atoms with Gasteiger partial charge in [0.1, 0.15) is 0 Å². The summed E-state index contributed by atoms with van der Waals surface area (Å²) in [5.41, 5.74) is 14.2. The van der Waals surface area contributed by atoms with E-state index in [1.54, 1.807) is 0 Å². The molecule has 0 N–H and O–H groups in total. The van der Waals surface area contributed by atoms with Gasteiger partial charge in [0, 0.05) is 16.2 Å². The Morgan fingerprint density at radius 2 is 0.961 bits per heavy atom. The zero-order valence-electron chi connectivity index (χ0n) is 29.5. The van der Waals surface area contributed by atoms with Gasteiger partial charge in [-0.3, -0.25) is 0 Å². The van der Waals surface area contributed by atoms with E-state index in [2.05, 4.69) is 196 Å². The fraction of sp³-hybridized carbons (Fsp3) is 0.120. The molecule has 0 saturated carbocycles. The molecular formula is C50H39N. The molecule has 1 heteroatoms. The molecule has 1 heterocycles. The van der Waals surface area contributed by atoms with Crippen LogP contribution in [-0.2, 0) is 10.8 Å². The Hall–Kier alpha value is -5.92. The number of hydrogen-bond acceptors (Lipinski definition) is 0. The molecule has 0 spiro atoms. The predicted octanol–water partition coefficient (Wildman–Crippen LogP) is 13.7. The molecule has 0 aliphatic heterocycles. The average Bonchev–Trinajstić information content (AvgIpc) is 3.48. The SMILES string of the molecule is CC1(C)c2ccccc2-c2ccc(-c3cccc(-c4ccc(-n5c6ccccc6c6cc7ccccc7cc65)c5ccccc45)c3)cc2C1(C)C. The monoisotopic (exact) mass is 653 g/mol. The summed E-state index contributed by atoms with van der Waals surface area (Å²) in [6.07, 6.45) is 0. The van der Waals surface area contributed by atoms with Crippen molar-refractivity contribution in [1.29, 1.82) is 0 Å². The third-order valence-corrected chi connectivity index (χ3v) is 12.3. The first-order valence-electron chi connectivity index (χ1n) is 18.1. The van der Waals surface area contributed by atoms with Gasteiger partial charge in [-0.15, -0.1) is 0 Å². The van der Waals surface area contributed by atoms with E-state index in [1.165, 1.54) is 93.5 Å². The van der Waals surface area contributed by atoms with Crippen LogP contribution in [0.15, 0.2) is 164 Å². The zero-order valence-corrected chi connectivity index (χ0v) is 29.5. The van der Waals surface area contributed by atoms with Crippen LogP contribution in [0.1, 0.15) is 38.8 Å². The van der Waals surface area contributed by atoms with E-state index >= 15 is 0 Å². The van der Waals surface area contributed by atoms with Gasteiger partial charge in [0.25, 0.3) is 0 Å². The Bertz CT molecular complexity index is 2860. The van der Waals surface area contributed by atoms with E-state index in [0.29, 0.717) is 0 Å². The van der Waals surface area contributed by atoms with E-state index in [4.69, 9.17) is 0 Å². The van der Waals surface area contributed by atoms with Crippen LogP contribution in [0.4, 0.5) is 0 Å². The first-order chi connectivity index (χ1) is 24.8. The highest BCUT2D eigenvalue weighted by atomic mass is 15.0. The highest BCUT2D eigenvalue weighted by molar-refractivity contribution is 6.15. The molecule has 0 fully saturated rings. The molecule has 0 radical (unpaired) electrons. The van der Waals surface area contributed by atoms with Gasteiger partial charge in [-0.2, -0.15) is 0 Å². The summed E-state index contributed by atoms with van der Waals surface area (Å²) in [4.78, 5) is 0. The lowest BCUT2D eigenvalue weighted by Gasteiger charge is -2.48. The molecule has 8 aromatic carbocycles. The summed E-state index contributed by atoms with van der Waals surface area (Å²) in [7, 11) is 0. The molecule has 10 rings (SSSR count). The van der Waals surface area contributed by atoms with Gasteiger partial charge in [0.05, 0.1) is 16.7 Å². The van der Waals surface area contributed by atoms with Gasteiger partial charge >= 0.3 is 0 Å². The molecular weight excluding hydrogens is 615 g/mol. The summed E-state index contributed by atoms with van der Waals surface area (Å²) >= 11 is 0. The Kier molecular flexibility index (Phi) is 6.34. The summed E-state index contributed by atoms with van der Waals surface area (Å²) in [5, 5.41) is 7.58. The summed E-state index contributed by atoms with van der Waals surface area (Å²) in [6, 6.07) is 61.0. The van der Waals surface area contributed by atoms with E-state index in [-0.39, 0.29) is 10.8 Å². The first kappa shape index (κ1) is 29.9. The topological polar surface area (TPSA) is 4.93 Å². The molecule has 1 aliphatic carbocycles. The van der Waals surface area contributed by atoms with E-state index in [0.717, 1.165) is 0 Å². The summed E-state index contributed by atoms with van der Waals surface area (Å²) < 4.78 is 2.47. The molecule has 0 unspecified atom stereocenters. The van der Waals surface area contributed by atoms with Crippen LogP contribution in [0.5, 0.6) is 0 Å². The van der Waals surface area contributed by atoms with E-state index in [9.17, 15) is 0 Å².